The lowest BCUT2D eigenvalue weighted by Crippen LogP contribution is -2.33. The summed E-state index contributed by atoms with van der Waals surface area (Å²) in [5.41, 5.74) is 0.991. The van der Waals surface area contributed by atoms with Crippen LogP contribution in [0.5, 0.6) is 0 Å². The molecule has 1 aromatic heterocycles. The van der Waals surface area contributed by atoms with Gasteiger partial charge < -0.3 is 4.84 Å². The minimum Gasteiger partial charge on any atom is -0.329 e. The van der Waals surface area contributed by atoms with Gasteiger partial charge >= 0.3 is 5.97 Å². The van der Waals surface area contributed by atoms with Crippen molar-refractivity contribution in [3.05, 3.63) is 53.3 Å². The Bertz CT molecular complexity index is 658. The molecular weight excluding hydrogens is 262 g/mol. The third-order valence-electron chi connectivity index (χ3n) is 2.84. The van der Waals surface area contributed by atoms with Gasteiger partial charge in [0.1, 0.15) is 0 Å². The number of nitrogens with one attached hydrogen (secondary N) is 1. The molecule has 1 aliphatic heterocycles. The zero-order valence-electron chi connectivity index (χ0n) is 10.2. The number of aromatic nitrogens is 2. The predicted molar refractivity (Wildman–Crippen MR) is 65.3 cm³/mol. The first-order valence-electron chi connectivity index (χ1n) is 5.83. The van der Waals surface area contributed by atoms with Gasteiger partial charge in [-0.1, -0.05) is 17.2 Å². The van der Waals surface area contributed by atoms with E-state index in [1.165, 1.54) is 18.3 Å². The Kier molecular flexibility index (Phi) is 2.79. The molecule has 0 bridgehead atoms. The van der Waals surface area contributed by atoms with Gasteiger partial charge in [0.2, 0.25) is 0 Å². The molecule has 0 saturated heterocycles. The fraction of sp³-hybridized carbons (Fsp3) is 0.0769. The fourth-order valence-corrected chi connectivity index (χ4v) is 1.92. The first kappa shape index (κ1) is 12.1. The number of benzene rings is 1. The number of aromatic amines is 1. The molecule has 7 nitrogen and oxygen atoms in total. The van der Waals surface area contributed by atoms with E-state index < -0.39 is 17.8 Å². The lowest BCUT2D eigenvalue weighted by Gasteiger charge is -2.12. The maximum atomic E-state index is 12.0. The van der Waals surface area contributed by atoms with Crippen molar-refractivity contribution in [2.75, 3.05) is 0 Å². The molecular formula is C13H9N3O4. The van der Waals surface area contributed by atoms with E-state index >= 15 is 0 Å². The van der Waals surface area contributed by atoms with Crippen molar-refractivity contribution in [1.82, 2.24) is 15.3 Å². The predicted octanol–water partition coefficient (Wildman–Crippen LogP) is 0.707. The van der Waals surface area contributed by atoms with Crippen LogP contribution >= 0.6 is 0 Å². The summed E-state index contributed by atoms with van der Waals surface area (Å²) in [5, 5.41) is 6.77. The summed E-state index contributed by atoms with van der Waals surface area (Å²) < 4.78 is 0. The highest BCUT2D eigenvalue weighted by Gasteiger charge is 2.38. The Morgan fingerprint density at radius 1 is 1.15 bits per heavy atom. The molecule has 20 heavy (non-hydrogen) atoms. The van der Waals surface area contributed by atoms with Gasteiger partial charge in [0, 0.05) is 11.9 Å². The largest absolute Gasteiger partial charge is 0.339 e. The second kappa shape index (κ2) is 4.61. The van der Waals surface area contributed by atoms with Gasteiger partial charge in [-0.25, -0.2) is 4.79 Å². The van der Waals surface area contributed by atoms with E-state index in [9.17, 15) is 14.4 Å². The molecule has 0 atom stereocenters. The monoisotopic (exact) mass is 271 g/mol. The highest BCUT2D eigenvalue weighted by Crippen LogP contribution is 2.22. The minimum absolute atomic E-state index is 0.104. The Morgan fingerprint density at radius 3 is 2.35 bits per heavy atom. The van der Waals surface area contributed by atoms with Crippen LogP contribution in [0.25, 0.3) is 0 Å². The summed E-state index contributed by atoms with van der Waals surface area (Å²) in [6.45, 7) is 0. The van der Waals surface area contributed by atoms with E-state index in [4.69, 9.17) is 4.84 Å². The van der Waals surface area contributed by atoms with E-state index in [0.29, 0.717) is 10.8 Å². The molecule has 2 aromatic rings. The van der Waals surface area contributed by atoms with Crippen LogP contribution < -0.4 is 0 Å². The van der Waals surface area contributed by atoms with Crippen LogP contribution in [-0.2, 0) is 16.1 Å². The standard InChI is InChI=1S/C13H9N3O4/c17-11(7-8-5-6-14-15-8)20-16-12(18)9-3-1-2-4-10(9)13(16)19/h1-6H,7H2,(H,14,15). The molecule has 0 unspecified atom stereocenters. The van der Waals surface area contributed by atoms with Crippen molar-refractivity contribution in [3.63, 3.8) is 0 Å². The van der Waals surface area contributed by atoms with Gasteiger partial charge in [-0.3, -0.25) is 14.7 Å². The molecule has 1 aromatic carbocycles. The molecule has 100 valence electrons. The van der Waals surface area contributed by atoms with E-state index in [1.54, 1.807) is 18.2 Å². The minimum atomic E-state index is -0.719. The van der Waals surface area contributed by atoms with Gasteiger partial charge in [-0.15, -0.1) is 0 Å². The normalized spacial score (nSPS) is 13.5. The van der Waals surface area contributed by atoms with Crippen LogP contribution in [0.15, 0.2) is 36.5 Å². The van der Waals surface area contributed by atoms with Gasteiger partial charge in [-0.2, -0.15) is 5.10 Å². The van der Waals surface area contributed by atoms with Crippen molar-refractivity contribution in [3.8, 4) is 0 Å². The average molecular weight is 271 g/mol. The quantitative estimate of drug-likeness (QED) is 0.830. The van der Waals surface area contributed by atoms with Crippen molar-refractivity contribution in [2.45, 2.75) is 6.42 Å². The lowest BCUT2D eigenvalue weighted by atomic mass is 10.1. The van der Waals surface area contributed by atoms with Gasteiger partial charge in [0.25, 0.3) is 11.8 Å². The maximum Gasteiger partial charge on any atom is 0.339 e. The number of H-pyrrole nitrogens is 1. The number of hydrogen-bond donors (Lipinski definition) is 1. The lowest BCUT2D eigenvalue weighted by molar-refractivity contribution is -0.167. The van der Waals surface area contributed by atoms with E-state index in [-0.39, 0.29) is 17.5 Å². The van der Waals surface area contributed by atoms with E-state index in [1.807, 2.05) is 0 Å². The Labute approximate surface area is 113 Å². The van der Waals surface area contributed by atoms with Crippen LogP contribution in [0, 0.1) is 0 Å². The third-order valence-corrected chi connectivity index (χ3v) is 2.84. The molecule has 0 radical (unpaired) electrons. The first-order chi connectivity index (χ1) is 9.66. The summed E-state index contributed by atoms with van der Waals surface area (Å²) in [6.07, 6.45) is 1.39. The molecule has 0 saturated carbocycles. The van der Waals surface area contributed by atoms with Gasteiger partial charge in [0.05, 0.1) is 17.5 Å². The number of hydrogen-bond acceptors (Lipinski definition) is 5. The summed E-state index contributed by atoms with van der Waals surface area (Å²) in [5.74, 6) is -1.99. The summed E-state index contributed by atoms with van der Waals surface area (Å²) in [6, 6.07) is 7.90. The third kappa shape index (κ3) is 1.95. The number of amides is 2. The zero-order chi connectivity index (χ0) is 14.1. The Hall–Kier alpha value is -2.96. The van der Waals surface area contributed by atoms with Gasteiger partial charge in [-0.05, 0) is 18.2 Å². The molecule has 1 aliphatic rings. The second-order valence-corrected chi connectivity index (χ2v) is 4.17. The number of imide groups is 1. The molecule has 7 heteroatoms. The Balaban J connectivity index is 1.75. The number of rotatable bonds is 3. The SMILES string of the molecule is O=C(Cc1ccn[nH]1)ON1C(=O)c2ccccc2C1=O. The molecule has 2 amide bonds. The molecule has 0 spiro atoms. The number of hydroxylamine groups is 2. The fourth-order valence-electron chi connectivity index (χ4n) is 1.92. The van der Waals surface area contributed by atoms with Crippen molar-refractivity contribution >= 4 is 17.8 Å². The number of nitrogens with zero attached hydrogens (tertiary/aromatic N) is 2. The first-order valence-corrected chi connectivity index (χ1v) is 5.83. The zero-order valence-corrected chi connectivity index (χ0v) is 10.2. The van der Waals surface area contributed by atoms with Crippen LogP contribution in [0.4, 0.5) is 0 Å². The van der Waals surface area contributed by atoms with E-state index in [0.717, 1.165) is 0 Å². The highest BCUT2D eigenvalue weighted by molar-refractivity contribution is 6.20. The molecule has 1 N–H and O–H groups in total. The number of fused-ring (bicyclic) bond motifs is 1. The number of carbonyl (C=O) groups excluding carboxylic acids is 3. The smallest absolute Gasteiger partial charge is 0.329 e. The van der Waals surface area contributed by atoms with Crippen LogP contribution in [0.1, 0.15) is 26.4 Å². The number of carbonyl (C=O) groups is 3. The summed E-state index contributed by atoms with van der Waals surface area (Å²) >= 11 is 0. The summed E-state index contributed by atoms with van der Waals surface area (Å²) in [7, 11) is 0. The molecule has 3 rings (SSSR count). The molecule has 2 heterocycles. The molecule has 0 fully saturated rings. The average Bonchev–Trinajstić information content (AvgIpc) is 3.03. The van der Waals surface area contributed by atoms with E-state index in [2.05, 4.69) is 10.2 Å². The van der Waals surface area contributed by atoms with Crippen molar-refractivity contribution < 1.29 is 19.2 Å². The van der Waals surface area contributed by atoms with Crippen LogP contribution in [0.2, 0.25) is 0 Å². The van der Waals surface area contributed by atoms with Crippen LogP contribution in [-0.4, -0.2) is 33.0 Å². The Morgan fingerprint density at radius 2 is 1.80 bits per heavy atom. The van der Waals surface area contributed by atoms with Crippen molar-refractivity contribution in [1.29, 1.82) is 0 Å². The van der Waals surface area contributed by atoms with Gasteiger partial charge in [0.15, 0.2) is 0 Å². The van der Waals surface area contributed by atoms with Crippen LogP contribution in [0.3, 0.4) is 0 Å². The second-order valence-electron chi connectivity index (χ2n) is 4.17. The van der Waals surface area contributed by atoms with Crippen molar-refractivity contribution in [2.24, 2.45) is 0 Å². The topological polar surface area (TPSA) is 92.4 Å². The highest BCUT2D eigenvalue weighted by atomic mass is 16.7. The maximum absolute atomic E-state index is 12.0. The summed E-state index contributed by atoms with van der Waals surface area (Å²) in [4.78, 5) is 40.4. The molecule has 0 aliphatic carbocycles.